The van der Waals surface area contributed by atoms with Crippen molar-refractivity contribution in [3.8, 4) is 17.0 Å². The van der Waals surface area contributed by atoms with Crippen molar-refractivity contribution in [2.75, 3.05) is 18.2 Å². The Morgan fingerprint density at radius 3 is 2.75 bits per heavy atom. The minimum atomic E-state index is -0.0990. The number of carbonyl (C=O) groups is 1. The molecule has 0 radical (unpaired) electrons. The SMILES string of the molecule is COc1ccc(-c2cnc(SCC(=O)Nc3nc4ccccc4s3)n2C)cc1. The molecule has 0 saturated heterocycles. The Hall–Kier alpha value is -2.84. The number of hydrogen-bond donors (Lipinski definition) is 1. The molecular weight excluding hydrogens is 392 g/mol. The van der Waals surface area contributed by atoms with Crippen LogP contribution in [0.25, 0.3) is 21.5 Å². The summed E-state index contributed by atoms with van der Waals surface area (Å²) in [7, 11) is 3.59. The van der Waals surface area contributed by atoms with E-state index in [-0.39, 0.29) is 11.7 Å². The molecule has 0 fully saturated rings. The van der Waals surface area contributed by atoms with Crippen molar-refractivity contribution < 1.29 is 9.53 Å². The second-order valence-electron chi connectivity index (χ2n) is 6.04. The highest BCUT2D eigenvalue weighted by atomic mass is 32.2. The van der Waals surface area contributed by atoms with E-state index in [4.69, 9.17) is 4.74 Å². The van der Waals surface area contributed by atoms with Gasteiger partial charge in [0.05, 0.1) is 35.0 Å². The summed E-state index contributed by atoms with van der Waals surface area (Å²) in [6, 6.07) is 15.6. The Balaban J connectivity index is 1.40. The van der Waals surface area contributed by atoms with Gasteiger partial charge in [0.2, 0.25) is 5.91 Å². The summed E-state index contributed by atoms with van der Waals surface area (Å²) < 4.78 is 8.24. The third-order valence-electron chi connectivity index (χ3n) is 4.20. The molecule has 8 heteroatoms. The summed E-state index contributed by atoms with van der Waals surface area (Å²) >= 11 is 2.87. The van der Waals surface area contributed by atoms with Crippen molar-refractivity contribution in [1.82, 2.24) is 14.5 Å². The number of aromatic nitrogens is 3. The number of nitrogens with zero attached hydrogens (tertiary/aromatic N) is 3. The van der Waals surface area contributed by atoms with Gasteiger partial charge < -0.3 is 14.6 Å². The number of fused-ring (bicyclic) bond motifs is 1. The molecule has 142 valence electrons. The van der Waals surface area contributed by atoms with Crippen LogP contribution < -0.4 is 10.1 Å². The van der Waals surface area contributed by atoms with Gasteiger partial charge in [-0.05, 0) is 36.4 Å². The van der Waals surface area contributed by atoms with E-state index in [0.717, 1.165) is 32.4 Å². The van der Waals surface area contributed by atoms with Crippen LogP contribution in [0.4, 0.5) is 5.13 Å². The number of carbonyl (C=O) groups excluding carboxylic acids is 1. The molecule has 2 heterocycles. The van der Waals surface area contributed by atoms with Crippen LogP contribution in [-0.4, -0.2) is 33.3 Å². The van der Waals surface area contributed by atoms with Gasteiger partial charge in [0, 0.05) is 12.6 Å². The minimum absolute atomic E-state index is 0.0990. The first-order valence-corrected chi connectivity index (χ1v) is 10.4. The van der Waals surface area contributed by atoms with Gasteiger partial charge in [-0.25, -0.2) is 9.97 Å². The molecule has 6 nitrogen and oxygen atoms in total. The summed E-state index contributed by atoms with van der Waals surface area (Å²) in [5.74, 6) is 0.980. The van der Waals surface area contributed by atoms with Gasteiger partial charge in [0.25, 0.3) is 0 Å². The predicted molar refractivity (Wildman–Crippen MR) is 114 cm³/mol. The number of thiazole rings is 1. The zero-order chi connectivity index (χ0) is 19.5. The summed E-state index contributed by atoms with van der Waals surface area (Å²) in [5.41, 5.74) is 2.92. The quantitative estimate of drug-likeness (QED) is 0.476. The Bertz CT molecular complexity index is 1090. The Morgan fingerprint density at radius 1 is 1.21 bits per heavy atom. The standard InChI is InChI=1S/C20H18N4O2S2/c1-24-16(13-7-9-14(26-2)10-8-13)11-21-20(24)27-12-18(25)23-19-22-15-5-3-4-6-17(15)28-19/h3-11H,12H2,1-2H3,(H,22,23,25). The van der Waals surface area contributed by atoms with Crippen molar-refractivity contribution in [2.24, 2.45) is 7.05 Å². The number of amides is 1. The van der Waals surface area contributed by atoms with Gasteiger partial charge in [0.1, 0.15) is 5.75 Å². The lowest BCUT2D eigenvalue weighted by atomic mass is 10.1. The number of anilines is 1. The second-order valence-corrected chi connectivity index (χ2v) is 8.01. The molecule has 0 atom stereocenters. The fourth-order valence-corrected chi connectivity index (χ4v) is 4.40. The average Bonchev–Trinajstić information content (AvgIpc) is 3.29. The van der Waals surface area contributed by atoms with Gasteiger partial charge in [-0.2, -0.15) is 0 Å². The fraction of sp³-hybridized carbons (Fsp3) is 0.150. The first-order valence-electron chi connectivity index (χ1n) is 8.58. The Labute approximate surface area is 170 Å². The number of benzene rings is 2. The van der Waals surface area contributed by atoms with Crippen molar-refractivity contribution in [3.05, 3.63) is 54.7 Å². The van der Waals surface area contributed by atoms with E-state index in [1.54, 1.807) is 7.11 Å². The normalized spacial score (nSPS) is 10.9. The van der Waals surface area contributed by atoms with Crippen molar-refractivity contribution >= 4 is 44.4 Å². The zero-order valence-corrected chi connectivity index (χ0v) is 17.0. The number of methoxy groups -OCH3 is 1. The number of ether oxygens (including phenoxy) is 1. The topological polar surface area (TPSA) is 69.0 Å². The average molecular weight is 411 g/mol. The predicted octanol–water partition coefficient (Wildman–Crippen LogP) is 4.44. The lowest BCUT2D eigenvalue weighted by Crippen LogP contribution is -2.14. The number of nitrogens with one attached hydrogen (secondary N) is 1. The van der Waals surface area contributed by atoms with Crippen molar-refractivity contribution in [2.45, 2.75) is 5.16 Å². The lowest BCUT2D eigenvalue weighted by molar-refractivity contribution is -0.113. The molecule has 0 aliphatic rings. The van der Waals surface area contributed by atoms with E-state index < -0.39 is 0 Å². The fourth-order valence-electron chi connectivity index (χ4n) is 2.77. The van der Waals surface area contributed by atoms with E-state index in [2.05, 4.69) is 15.3 Å². The molecule has 2 aromatic heterocycles. The number of para-hydroxylation sites is 1. The minimum Gasteiger partial charge on any atom is -0.497 e. The molecule has 1 amide bonds. The van der Waals surface area contributed by atoms with Gasteiger partial charge in [0.15, 0.2) is 10.3 Å². The molecule has 28 heavy (non-hydrogen) atoms. The molecule has 4 rings (SSSR count). The van der Waals surface area contributed by atoms with Crippen molar-refractivity contribution in [3.63, 3.8) is 0 Å². The first kappa shape index (κ1) is 18.5. The van der Waals surface area contributed by atoms with Crippen LogP contribution in [0.1, 0.15) is 0 Å². The third kappa shape index (κ3) is 3.88. The number of rotatable bonds is 6. The number of thioether (sulfide) groups is 1. The molecule has 0 bridgehead atoms. The van der Waals surface area contributed by atoms with Crippen LogP contribution in [-0.2, 0) is 11.8 Å². The molecule has 1 N–H and O–H groups in total. The van der Waals surface area contributed by atoms with E-state index in [0.29, 0.717) is 5.13 Å². The van der Waals surface area contributed by atoms with Crippen LogP contribution >= 0.6 is 23.1 Å². The molecule has 0 spiro atoms. The summed E-state index contributed by atoms with van der Waals surface area (Å²) in [4.78, 5) is 21.2. The zero-order valence-electron chi connectivity index (χ0n) is 15.4. The Morgan fingerprint density at radius 2 is 2.00 bits per heavy atom. The molecule has 0 aliphatic carbocycles. The third-order valence-corrected chi connectivity index (χ3v) is 6.20. The van der Waals surface area contributed by atoms with E-state index in [1.807, 2.05) is 66.3 Å². The van der Waals surface area contributed by atoms with Gasteiger partial charge >= 0.3 is 0 Å². The van der Waals surface area contributed by atoms with E-state index >= 15 is 0 Å². The molecule has 0 aliphatic heterocycles. The van der Waals surface area contributed by atoms with Gasteiger partial charge in [-0.1, -0.05) is 35.2 Å². The van der Waals surface area contributed by atoms with Crippen LogP contribution in [0.5, 0.6) is 5.75 Å². The van der Waals surface area contributed by atoms with Crippen molar-refractivity contribution in [1.29, 1.82) is 0 Å². The van der Waals surface area contributed by atoms with Crippen LogP contribution in [0.15, 0.2) is 59.9 Å². The van der Waals surface area contributed by atoms with E-state index in [1.165, 1.54) is 23.1 Å². The maximum absolute atomic E-state index is 12.3. The van der Waals surface area contributed by atoms with Crippen LogP contribution in [0.2, 0.25) is 0 Å². The van der Waals surface area contributed by atoms with Crippen LogP contribution in [0.3, 0.4) is 0 Å². The maximum atomic E-state index is 12.3. The largest absolute Gasteiger partial charge is 0.497 e. The Kier molecular flexibility index (Phi) is 5.31. The maximum Gasteiger partial charge on any atom is 0.236 e. The number of hydrogen-bond acceptors (Lipinski definition) is 6. The van der Waals surface area contributed by atoms with E-state index in [9.17, 15) is 4.79 Å². The van der Waals surface area contributed by atoms with Gasteiger partial charge in [-0.15, -0.1) is 0 Å². The molecule has 0 unspecified atom stereocenters. The smallest absolute Gasteiger partial charge is 0.236 e. The summed E-state index contributed by atoms with van der Waals surface area (Å²) in [6.07, 6.45) is 1.82. The molecule has 0 saturated carbocycles. The summed E-state index contributed by atoms with van der Waals surface area (Å²) in [6.45, 7) is 0. The molecule has 4 aromatic rings. The highest BCUT2D eigenvalue weighted by Gasteiger charge is 2.13. The first-order chi connectivity index (χ1) is 13.6. The lowest BCUT2D eigenvalue weighted by Gasteiger charge is -2.07. The highest BCUT2D eigenvalue weighted by Crippen LogP contribution is 2.28. The highest BCUT2D eigenvalue weighted by molar-refractivity contribution is 7.99. The van der Waals surface area contributed by atoms with Gasteiger partial charge in [-0.3, -0.25) is 4.79 Å². The second kappa shape index (κ2) is 8.04. The number of imidazole rings is 1. The summed E-state index contributed by atoms with van der Waals surface area (Å²) in [5, 5.41) is 4.27. The monoisotopic (exact) mass is 410 g/mol. The van der Waals surface area contributed by atoms with Crippen LogP contribution in [0, 0.1) is 0 Å². The molecule has 2 aromatic carbocycles. The molecular formula is C20H18N4O2S2.